The van der Waals surface area contributed by atoms with Gasteiger partial charge in [-0.25, -0.2) is 0 Å². The maximum absolute atomic E-state index is 13.5. The van der Waals surface area contributed by atoms with Crippen LogP contribution in [0.5, 0.6) is 0 Å². The van der Waals surface area contributed by atoms with Gasteiger partial charge in [0.15, 0.2) is 5.11 Å². The maximum Gasteiger partial charge on any atom is 0.281 e. The Hall–Kier alpha value is -3.16. The molecule has 192 valence electrons. The standard InChI is InChI=1S/C29H31ClN4O2S/c1-4-20-9-7-10-24-21(17-32(27(20)24)18-26(35)33-15-6-5-8-19(33)2)16-25-28(36)34(29(37)31(25)3)23-13-11-22(30)12-14-23/h7,9-14,16-17,19H,4-6,8,15,18H2,1-3H3/b25-16-/t19-/m0/s1. The van der Waals surface area contributed by atoms with E-state index in [0.717, 1.165) is 42.3 Å². The molecule has 0 aliphatic carbocycles. The molecule has 5 rings (SSSR count). The number of rotatable bonds is 5. The first-order chi connectivity index (χ1) is 17.8. The van der Waals surface area contributed by atoms with E-state index in [9.17, 15) is 9.59 Å². The molecule has 2 saturated heterocycles. The Labute approximate surface area is 228 Å². The molecule has 2 aromatic carbocycles. The molecule has 3 aromatic rings. The number of likely N-dealkylation sites (N-methyl/N-ethyl adjacent to an activating group) is 1. The van der Waals surface area contributed by atoms with Crippen LogP contribution in [0.1, 0.15) is 44.2 Å². The van der Waals surface area contributed by atoms with Gasteiger partial charge in [-0.2, -0.15) is 0 Å². The number of hydrogen-bond donors (Lipinski definition) is 0. The molecule has 0 N–H and O–H groups in total. The Balaban J connectivity index is 1.54. The molecule has 2 fully saturated rings. The van der Waals surface area contributed by atoms with Crippen LogP contribution in [0.25, 0.3) is 17.0 Å². The van der Waals surface area contributed by atoms with Crippen molar-refractivity contribution < 1.29 is 9.59 Å². The monoisotopic (exact) mass is 534 g/mol. The third-order valence-corrected chi connectivity index (χ3v) is 8.17. The molecule has 1 atom stereocenters. The number of likely N-dealkylation sites (tertiary alicyclic amines) is 1. The largest absolute Gasteiger partial charge is 0.338 e. The lowest BCUT2D eigenvalue weighted by Crippen LogP contribution is -2.43. The summed E-state index contributed by atoms with van der Waals surface area (Å²) in [5.74, 6) is -0.0565. The Morgan fingerprint density at radius 1 is 1.16 bits per heavy atom. The lowest BCUT2D eigenvalue weighted by Gasteiger charge is -2.33. The summed E-state index contributed by atoms with van der Waals surface area (Å²) in [6.45, 7) is 5.35. The van der Waals surface area contributed by atoms with Gasteiger partial charge in [-0.05, 0) is 80.7 Å². The predicted octanol–water partition coefficient (Wildman–Crippen LogP) is 5.86. The lowest BCUT2D eigenvalue weighted by atomic mass is 10.0. The van der Waals surface area contributed by atoms with Crippen molar-refractivity contribution in [3.05, 3.63) is 70.5 Å². The second-order valence-electron chi connectivity index (χ2n) is 9.80. The van der Waals surface area contributed by atoms with Gasteiger partial charge in [0.2, 0.25) is 5.91 Å². The first-order valence-electron chi connectivity index (χ1n) is 12.8. The Morgan fingerprint density at radius 3 is 2.62 bits per heavy atom. The normalized spacial score (nSPS) is 19.5. The number of piperidine rings is 1. The number of thiocarbonyl (C=S) groups is 1. The number of aromatic nitrogens is 1. The summed E-state index contributed by atoms with van der Waals surface area (Å²) in [4.78, 5) is 32.1. The smallest absolute Gasteiger partial charge is 0.281 e. The highest BCUT2D eigenvalue weighted by molar-refractivity contribution is 7.80. The van der Waals surface area contributed by atoms with Gasteiger partial charge in [0.05, 0.1) is 11.2 Å². The average Bonchev–Trinajstić information content (AvgIpc) is 3.34. The number of aryl methyl sites for hydroxylation is 1. The van der Waals surface area contributed by atoms with Crippen LogP contribution in [-0.2, 0) is 22.6 Å². The van der Waals surface area contributed by atoms with E-state index in [0.29, 0.717) is 21.5 Å². The van der Waals surface area contributed by atoms with E-state index in [2.05, 4.69) is 30.5 Å². The number of amides is 2. The number of benzene rings is 2. The van der Waals surface area contributed by atoms with Crippen molar-refractivity contribution in [3.8, 4) is 0 Å². The molecule has 0 spiro atoms. The molecule has 3 heterocycles. The van der Waals surface area contributed by atoms with Crippen molar-refractivity contribution in [3.63, 3.8) is 0 Å². The van der Waals surface area contributed by atoms with Crippen LogP contribution >= 0.6 is 23.8 Å². The zero-order valence-corrected chi connectivity index (χ0v) is 23.0. The van der Waals surface area contributed by atoms with Crippen molar-refractivity contribution in [1.82, 2.24) is 14.4 Å². The highest BCUT2D eigenvalue weighted by atomic mass is 35.5. The fourth-order valence-electron chi connectivity index (χ4n) is 5.42. The van der Waals surface area contributed by atoms with Gasteiger partial charge in [-0.15, -0.1) is 0 Å². The second kappa shape index (κ2) is 10.3. The molecule has 2 amide bonds. The molecule has 1 aromatic heterocycles. The van der Waals surface area contributed by atoms with Crippen LogP contribution in [0.3, 0.4) is 0 Å². The van der Waals surface area contributed by atoms with Gasteiger partial charge in [-0.3, -0.25) is 14.5 Å². The summed E-state index contributed by atoms with van der Waals surface area (Å²) in [6, 6.07) is 13.5. The van der Waals surface area contributed by atoms with Crippen LogP contribution in [0.4, 0.5) is 5.69 Å². The Bertz CT molecular complexity index is 1410. The van der Waals surface area contributed by atoms with Crippen LogP contribution in [0, 0.1) is 0 Å². The van der Waals surface area contributed by atoms with E-state index in [1.54, 1.807) is 36.2 Å². The highest BCUT2D eigenvalue weighted by Crippen LogP contribution is 2.32. The van der Waals surface area contributed by atoms with Crippen molar-refractivity contribution in [1.29, 1.82) is 0 Å². The van der Waals surface area contributed by atoms with Crippen molar-refractivity contribution in [2.45, 2.75) is 52.1 Å². The molecule has 0 radical (unpaired) electrons. The number of anilines is 1. The quantitative estimate of drug-likeness (QED) is 0.304. The number of carbonyl (C=O) groups is 2. The minimum Gasteiger partial charge on any atom is -0.338 e. The van der Waals surface area contributed by atoms with Gasteiger partial charge < -0.3 is 14.4 Å². The van der Waals surface area contributed by atoms with Crippen molar-refractivity contribution in [2.75, 3.05) is 18.5 Å². The third kappa shape index (κ3) is 4.66. The van der Waals surface area contributed by atoms with Crippen LogP contribution in [0.15, 0.2) is 54.4 Å². The van der Waals surface area contributed by atoms with E-state index in [4.69, 9.17) is 23.8 Å². The fraction of sp³-hybridized carbons (Fsp3) is 0.345. The maximum atomic E-state index is 13.5. The van der Waals surface area contributed by atoms with Gasteiger partial charge >= 0.3 is 0 Å². The van der Waals surface area contributed by atoms with Gasteiger partial charge in [0, 0.05) is 41.8 Å². The number of hydrogen-bond acceptors (Lipinski definition) is 3. The molecule has 0 bridgehead atoms. The van der Waals surface area contributed by atoms with E-state index < -0.39 is 0 Å². The third-order valence-electron chi connectivity index (χ3n) is 7.46. The Kier molecular flexibility index (Phi) is 7.10. The SMILES string of the molecule is CCc1cccc2c(/C=C3/C(=O)N(c4ccc(Cl)cc4)C(=S)N3C)cn(CC(=O)N3CCCC[C@@H]3C)c12. The minimum absolute atomic E-state index is 0.137. The molecule has 2 aliphatic heterocycles. The summed E-state index contributed by atoms with van der Waals surface area (Å²) in [5, 5.41) is 2.02. The van der Waals surface area contributed by atoms with Crippen molar-refractivity contribution >= 4 is 63.4 Å². The molecular formula is C29H31ClN4O2S. The summed E-state index contributed by atoms with van der Waals surface area (Å²) >= 11 is 11.7. The van der Waals surface area contributed by atoms with Crippen LogP contribution < -0.4 is 4.90 Å². The molecule has 0 unspecified atom stereocenters. The zero-order chi connectivity index (χ0) is 26.3. The first-order valence-corrected chi connectivity index (χ1v) is 13.6. The van der Waals surface area contributed by atoms with Gasteiger partial charge in [0.25, 0.3) is 5.91 Å². The van der Waals surface area contributed by atoms with Crippen LogP contribution in [-0.4, -0.2) is 50.9 Å². The summed E-state index contributed by atoms with van der Waals surface area (Å²) in [7, 11) is 1.81. The van der Waals surface area contributed by atoms with E-state index in [1.807, 2.05) is 23.2 Å². The highest BCUT2D eigenvalue weighted by Gasteiger charge is 2.37. The van der Waals surface area contributed by atoms with E-state index >= 15 is 0 Å². The van der Waals surface area contributed by atoms with Crippen molar-refractivity contribution in [2.24, 2.45) is 0 Å². The topological polar surface area (TPSA) is 48.8 Å². The average molecular weight is 535 g/mol. The number of fused-ring (bicyclic) bond motifs is 1. The summed E-state index contributed by atoms with van der Waals surface area (Å²) < 4.78 is 2.05. The fourth-order valence-corrected chi connectivity index (χ4v) is 5.83. The molecule has 2 aliphatic rings. The number of para-hydroxylation sites is 1. The number of carbonyl (C=O) groups excluding carboxylic acids is 2. The first kappa shape index (κ1) is 25.5. The van der Waals surface area contributed by atoms with Gasteiger partial charge in [0.1, 0.15) is 12.2 Å². The zero-order valence-electron chi connectivity index (χ0n) is 21.4. The van der Waals surface area contributed by atoms with Gasteiger partial charge in [-0.1, -0.05) is 36.7 Å². The summed E-state index contributed by atoms with van der Waals surface area (Å²) in [5.41, 5.74) is 4.26. The predicted molar refractivity (Wildman–Crippen MR) is 154 cm³/mol. The summed E-state index contributed by atoms with van der Waals surface area (Å²) in [6.07, 6.45) is 8.01. The van der Waals surface area contributed by atoms with E-state index in [-0.39, 0.29) is 24.4 Å². The van der Waals surface area contributed by atoms with E-state index in [1.165, 1.54) is 16.9 Å². The van der Waals surface area contributed by atoms with Crippen LogP contribution in [0.2, 0.25) is 5.02 Å². The molecule has 0 saturated carbocycles. The second-order valence-corrected chi connectivity index (χ2v) is 10.6. The molecular weight excluding hydrogens is 504 g/mol. The number of nitrogens with zero attached hydrogens (tertiary/aromatic N) is 4. The molecule has 37 heavy (non-hydrogen) atoms. The molecule has 6 nitrogen and oxygen atoms in total. The number of halogens is 1. The minimum atomic E-state index is -0.194. The lowest BCUT2D eigenvalue weighted by molar-refractivity contribution is -0.135. The Morgan fingerprint density at radius 2 is 1.92 bits per heavy atom. The molecule has 8 heteroatoms.